The molecule has 5 atom stereocenters. The molecule has 2 bridgehead atoms. The molecule has 2 aromatic heterocycles. The number of benzene rings is 1. The number of fused-ring (bicyclic) bond motifs is 3. The molecule has 0 spiro atoms. The first-order valence-electron chi connectivity index (χ1n) is 12.3. The monoisotopic (exact) mass is 444 g/mol. The molecule has 1 aromatic carbocycles. The van der Waals surface area contributed by atoms with Crippen molar-refractivity contribution in [2.24, 2.45) is 11.8 Å². The first-order chi connectivity index (χ1) is 16.0. The molecular formula is C26H32N6O. The van der Waals surface area contributed by atoms with E-state index in [0.29, 0.717) is 35.5 Å². The summed E-state index contributed by atoms with van der Waals surface area (Å²) in [6.45, 7) is 6.47. The lowest BCUT2D eigenvalue weighted by Crippen LogP contribution is -2.54. The van der Waals surface area contributed by atoms with Crippen LogP contribution in [0.4, 0.5) is 17.3 Å². The van der Waals surface area contributed by atoms with Gasteiger partial charge >= 0.3 is 0 Å². The second-order valence-electron chi connectivity index (χ2n) is 10.3. The summed E-state index contributed by atoms with van der Waals surface area (Å²) in [4.78, 5) is 27.0. The van der Waals surface area contributed by atoms with Crippen molar-refractivity contribution in [1.82, 2.24) is 20.3 Å². The quantitative estimate of drug-likeness (QED) is 0.560. The zero-order valence-electron chi connectivity index (χ0n) is 19.3. The normalized spacial score (nSPS) is 29.0. The van der Waals surface area contributed by atoms with Gasteiger partial charge in [-0.2, -0.15) is 4.98 Å². The lowest BCUT2D eigenvalue weighted by Gasteiger charge is -2.37. The lowest BCUT2D eigenvalue weighted by atomic mass is 9.85. The minimum Gasteiger partial charge on any atom is -0.368 e. The number of nitrogens with zero attached hydrogens (tertiary/aromatic N) is 3. The fourth-order valence-electron chi connectivity index (χ4n) is 6.40. The number of hydrogen-bond donors (Lipinski definition) is 3. The molecule has 3 aromatic rings. The van der Waals surface area contributed by atoms with Gasteiger partial charge in [0.25, 0.3) is 0 Å². The molecule has 172 valence electrons. The van der Waals surface area contributed by atoms with E-state index in [-0.39, 0.29) is 5.56 Å². The first kappa shape index (κ1) is 20.7. The largest absolute Gasteiger partial charge is 0.368 e. The molecule has 3 N–H and O–H groups in total. The van der Waals surface area contributed by atoms with Gasteiger partial charge in [0, 0.05) is 53.9 Å². The number of piperazine rings is 1. The highest BCUT2D eigenvalue weighted by molar-refractivity contribution is 5.79. The number of rotatable bonds is 4. The lowest BCUT2D eigenvalue weighted by molar-refractivity contribution is 0.407. The molecule has 3 aliphatic rings. The highest BCUT2D eigenvalue weighted by atomic mass is 16.1. The first-order valence-corrected chi connectivity index (χ1v) is 12.3. The zero-order chi connectivity index (χ0) is 22.5. The van der Waals surface area contributed by atoms with Crippen molar-refractivity contribution in [1.29, 1.82) is 0 Å². The third-order valence-corrected chi connectivity index (χ3v) is 7.75. The van der Waals surface area contributed by atoms with Crippen molar-refractivity contribution in [2.75, 3.05) is 23.3 Å². The van der Waals surface area contributed by atoms with Crippen molar-refractivity contribution in [2.45, 2.75) is 57.5 Å². The number of aromatic nitrogens is 3. The molecule has 2 aliphatic carbocycles. The van der Waals surface area contributed by atoms with Gasteiger partial charge in [-0.1, -0.05) is 6.42 Å². The highest BCUT2D eigenvalue weighted by Gasteiger charge is 2.41. The van der Waals surface area contributed by atoms with Crippen molar-refractivity contribution in [3.8, 4) is 0 Å². The molecule has 5 unspecified atom stereocenters. The Kier molecular flexibility index (Phi) is 5.09. The van der Waals surface area contributed by atoms with Crippen LogP contribution in [0.25, 0.3) is 11.0 Å². The maximum atomic E-state index is 12.0. The van der Waals surface area contributed by atoms with Crippen LogP contribution in [0.1, 0.15) is 51.1 Å². The van der Waals surface area contributed by atoms with E-state index in [9.17, 15) is 4.79 Å². The van der Waals surface area contributed by atoms with Crippen LogP contribution in [0.5, 0.6) is 0 Å². The SMILES string of the molecule is CC1CN(c2ccc(Nc3nc(C4CC5CCC4C5)c4ccc(=O)[nH]c4n3)cc2)CC(C)N1. The summed E-state index contributed by atoms with van der Waals surface area (Å²) in [5, 5.41) is 7.96. The minimum atomic E-state index is -0.130. The van der Waals surface area contributed by atoms with Crippen molar-refractivity contribution >= 4 is 28.4 Å². The van der Waals surface area contributed by atoms with Gasteiger partial charge in [-0.05, 0) is 75.3 Å². The molecule has 2 saturated carbocycles. The number of hydrogen-bond acceptors (Lipinski definition) is 6. The average Bonchev–Trinajstić information content (AvgIpc) is 3.42. The molecule has 0 amide bonds. The molecule has 7 heteroatoms. The number of nitrogens with one attached hydrogen (secondary N) is 3. The van der Waals surface area contributed by atoms with Crippen LogP contribution in [-0.2, 0) is 0 Å². The van der Waals surface area contributed by atoms with Gasteiger partial charge < -0.3 is 20.5 Å². The summed E-state index contributed by atoms with van der Waals surface area (Å²) in [5.74, 6) is 2.54. The predicted molar refractivity (Wildman–Crippen MR) is 132 cm³/mol. The van der Waals surface area contributed by atoms with E-state index in [0.717, 1.165) is 35.8 Å². The maximum Gasteiger partial charge on any atom is 0.249 e. The number of anilines is 3. The zero-order valence-corrected chi connectivity index (χ0v) is 19.3. The minimum absolute atomic E-state index is 0.130. The summed E-state index contributed by atoms with van der Waals surface area (Å²) >= 11 is 0. The standard InChI is InChI=1S/C26H32N6O/c1-15-13-32(14-16(2)27-15)20-7-5-19(6-8-20)28-26-30-24(22-12-17-3-4-18(22)11-17)21-9-10-23(33)29-25(21)31-26/h5-10,15-18,22,27H,3-4,11-14H2,1-2H3,(H2,28,29,30,31,33). The fourth-order valence-corrected chi connectivity index (χ4v) is 6.40. The third kappa shape index (κ3) is 3.99. The van der Waals surface area contributed by atoms with E-state index in [2.05, 4.69) is 63.6 Å². The number of H-pyrrole nitrogens is 1. The summed E-state index contributed by atoms with van der Waals surface area (Å²) in [6.07, 6.45) is 5.15. The summed E-state index contributed by atoms with van der Waals surface area (Å²) < 4.78 is 0. The second-order valence-corrected chi connectivity index (χ2v) is 10.3. The van der Waals surface area contributed by atoms with E-state index in [1.165, 1.54) is 31.4 Å². The number of pyridine rings is 1. The fraction of sp³-hybridized carbons (Fsp3) is 0.500. The summed E-state index contributed by atoms with van der Waals surface area (Å²) in [7, 11) is 0. The van der Waals surface area contributed by atoms with Crippen LogP contribution in [0.3, 0.4) is 0 Å². The molecule has 1 saturated heterocycles. The van der Waals surface area contributed by atoms with E-state index in [1.54, 1.807) is 6.07 Å². The molecule has 0 radical (unpaired) electrons. The van der Waals surface area contributed by atoms with E-state index in [4.69, 9.17) is 4.98 Å². The molecule has 3 heterocycles. The van der Waals surface area contributed by atoms with Gasteiger partial charge in [0.05, 0.1) is 5.69 Å². The Morgan fingerprint density at radius 2 is 1.76 bits per heavy atom. The molecule has 6 rings (SSSR count). The van der Waals surface area contributed by atoms with Gasteiger partial charge in [0.2, 0.25) is 11.5 Å². The van der Waals surface area contributed by atoms with Crippen LogP contribution in [0, 0.1) is 11.8 Å². The van der Waals surface area contributed by atoms with Crippen LogP contribution >= 0.6 is 0 Å². The molecule has 7 nitrogen and oxygen atoms in total. The van der Waals surface area contributed by atoms with Crippen LogP contribution in [0.2, 0.25) is 0 Å². The van der Waals surface area contributed by atoms with Crippen LogP contribution < -0.4 is 21.1 Å². The smallest absolute Gasteiger partial charge is 0.249 e. The van der Waals surface area contributed by atoms with Gasteiger partial charge in [0.15, 0.2) is 0 Å². The van der Waals surface area contributed by atoms with Crippen molar-refractivity contribution in [3.05, 3.63) is 52.4 Å². The third-order valence-electron chi connectivity index (χ3n) is 7.75. The summed E-state index contributed by atoms with van der Waals surface area (Å²) in [6, 6.07) is 12.9. The second kappa shape index (κ2) is 8.13. The molecule has 33 heavy (non-hydrogen) atoms. The topological polar surface area (TPSA) is 85.9 Å². The molecular weight excluding hydrogens is 412 g/mol. The average molecular weight is 445 g/mol. The Morgan fingerprint density at radius 3 is 2.45 bits per heavy atom. The van der Waals surface area contributed by atoms with Crippen molar-refractivity contribution in [3.63, 3.8) is 0 Å². The van der Waals surface area contributed by atoms with Crippen LogP contribution in [-0.4, -0.2) is 40.1 Å². The Morgan fingerprint density at radius 1 is 0.970 bits per heavy atom. The Labute approximate surface area is 194 Å². The van der Waals surface area contributed by atoms with E-state index >= 15 is 0 Å². The highest BCUT2D eigenvalue weighted by Crippen LogP contribution is 2.53. The predicted octanol–water partition coefficient (Wildman–Crippen LogP) is 4.15. The molecule has 3 fully saturated rings. The number of aromatic amines is 1. The van der Waals surface area contributed by atoms with E-state index < -0.39 is 0 Å². The Hall–Kier alpha value is -2.93. The van der Waals surface area contributed by atoms with Gasteiger partial charge in [-0.3, -0.25) is 4.79 Å². The maximum absolute atomic E-state index is 12.0. The summed E-state index contributed by atoms with van der Waals surface area (Å²) in [5.41, 5.74) is 3.76. The van der Waals surface area contributed by atoms with E-state index in [1.807, 2.05) is 6.07 Å². The van der Waals surface area contributed by atoms with Crippen molar-refractivity contribution < 1.29 is 0 Å². The van der Waals surface area contributed by atoms with Gasteiger partial charge in [0.1, 0.15) is 5.65 Å². The Bertz CT molecular complexity index is 1210. The molecule has 1 aliphatic heterocycles. The van der Waals surface area contributed by atoms with Gasteiger partial charge in [-0.15, -0.1) is 0 Å². The van der Waals surface area contributed by atoms with Crippen LogP contribution in [0.15, 0.2) is 41.2 Å². The Balaban J connectivity index is 1.29. The van der Waals surface area contributed by atoms with Gasteiger partial charge in [-0.25, -0.2) is 4.98 Å².